The van der Waals surface area contributed by atoms with E-state index >= 15 is 0 Å². The fraction of sp³-hybridized carbons (Fsp3) is 0.500. The summed E-state index contributed by atoms with van der Waals surface area (Å²) in [6.45, 7) is 4.24. The fourth-order valence-corrected chi connectivity index (χ4v) is 7.78. The Morgan fingerprint density at radius 2 is 1.78 bits per heavy atom. The number of nitrogens with zero attached hydrogens (tertiary/aromatic N) is 6. The number of rotatable bonds is 11. The van der Waals surface area contributed by atoms with Crippen LogP contribution in [0.2, 0.25) is 0 Å². The van der Waals surface area contributed by atoms with E-state index in [2.05, 4.69) is 15.3 Å². The zero-order valence-corrected chi connectivity index (χ0v) is 26.1. The Morgan fingerprint density at radius 1 is 1.02 bits per heavy atom. The van der Waals surface area contributed by atoms with E-state index < -0.39 is 12.0 Å². The Labute approximate surface area is 267 Å². The van der Waals surface area contributed by atoms with Gasteiger partial charge in [-0.1, -0.05) is 30.2 Å². The smallest absolute Gasteiger partial charge is 0.261 e. The number of azide groups is 1. The van der Waals surface area contributed by atoms with Gasteiger partial charge in [0, 0.05) is 61.0 Å². The van der Waals surface area contributed by atoms with Crippen molar-refractivity contribution in [2.45, 2.75) is 70.5 Å². The molecule has 1 saturated carbocycles. The lowest BCUT2D eigenvalue weighted by molar-refractivity contribution is -0.127. The molecule has 12 heteroatoms. The Balaban J connectivity index is 1.27. The maximum atomic E-state index is 14.3. The Bertz CT molecular complexity index is 1580. The van der Waals surface area contributed by atoms with Gasteiger partial charge in [-0.2, -0.15) is 0 Å². The molecule has 0 spiro atoms. The van der Waals surface area contributed by atoms with Gasteiger partial charge >= 0.3 is 0 Å². The molecule has 12 nitrogen and oxygen atoms in total. The highest BCUT2D eigenvalue weighted by molar-refractivity contribution is 6.21. The monoisotopic (exact) mass is 625 g/mol. The molecule has 4 unspecified atom stereocenters. The normalized spacial score (nSPS) is 23.7. The van der Waals surface area contributed by atoms with Gasteiger partial charge in [-0.25, -0.2) is 0 Å². The summed E-state index contributed by atoms with van der Waals surface area (Å²) >= 11 is 0. The van der Waals surface area contributed by atoms with Gasteiger partial charge in [-0.15, -0.1) is 0 Å². The van der Waals surface area contributed by atoms with Gasteiger partial charge in [0.15, 0.2) is 5.78 Å². The summed E-state index contributed by atoms with van der Waals surface area (Å²) in [6.07, 6.45) is 4.20. The Kier molecular flexibility index (Phi) is 9.19. The van der Waals surface area contributed by atoms with Crippen molar-refractivity contribution < 1.29 is 24.0 Å². The Morgan fingerprint density at radius 3 is 2.46 bits per heavy atom. The second kappa shape index (κ2) is 13.4. The standard InChI is InChI=1S/C34H39N7O5/c1-2-29(42)41-27-11-10-21(20-37-38-35)17-26(27)32(44)31-22(12-16-40-33(45)24-7-3-4-8-25(24)34(40)46)18-23(19-28(31)41)36-13-6-15-39-14-5-9-30(39)43/h3-4,7-8,10-11,17,22-23,28,31,36H,2,5-6,9,12-16,18-20H2,1H3. The van der Waals surface area contributed by atoms with E-state index in [-0.39, 0.29) is 60.9 Å². The summed E-state index contributed by atoms with van der Waals surface area (Å²) < 4.78 is 0. The molecule has 46 heavy (non-hydrogen) atoms. The molecule has 0 aromatic heterocycles. The van der Waals surface area contributed by atoms with Gasteiger partial charge in [-0.3, -0.25) is 28.9 Å². The van der Waals surface area contributed by atoms with Crippen LogP contribution in [-0.4, -0.2) is 77.5 Å². The molecule has 2 fully saturated rings. The first-order valence-corrected chi connectivity index (χ1v) is 16.3. The van der Waals surface area contributed by atoms with Crippen molar-refractivity contribution in [2.24, 2.45) is 17.0 Å². The van der Waals surface area contributed by atoms with E-state index in [1.54, 1.807) is 54.3 Å². The van der Waals surface area contributed by atoms with Crippen molar-refractivity contribution in [3.63, 3.8) is 0 Å². The molecule has 6 rings (SSSR count). The maximum Gasteiger partial charge on any atom is 0.261 e. The third kappa shape index (κ3) is 5.90. The topological polar surface area (TPSA) is 156 Å². The minimum absolute atomic E-state index is 0.00606. The summed E-state index contributed by atoms with van der Waals surface area (Å²) in [5, 5.41) is 7.30. The van der Waals surface area contributed by atoms with E-state index in [1.165, 1.54) is 4.90 Å². The van der Waals surface area contributed by atoms with Crippen LogP contribution < -0.4 is 10.2 Å². The predicted molar refractivity (Wildman–Crippen MR) is 170 cm³/mol. The molecule has 4 amide bonds. The van der Waals surface area contributed by atoms with Crippen molar-refractivity contribution in [1.82, 2.24) is 15.1 Å². The average Bonchev–Trinajstić information content (AvgIpc) is 3.59. The molecule has 4 atom stereocenters. The van der Waals surface area contributed by atoms with Crippen molar-refractivity contribution in [2.75, 3.05) is 31.1 Å². The van der Waals surface area contributed by atoms with Crippen molar-refractivity contribution >= 4 is 35.1 Å². The molecule has 1 aliphatic carbocycles. The molecule has 2 aromatic rings. The predicted octanol–water partition coefficient (Wildman–Crippen LogP) is 4.49. The van der Waals surface area contributed by atoms with Crippen molar-refractivity contribution in [3.8, 4) is 0 Å². The number of likely N-dealkylation sites (tertiary alicyclic amines) is 1. The number of Topliss-reactive ketones (excluding diaryl/α,β-unsaturated/α-hetero) is 1. The number of benzene rings is 2. The first kappa shape index (κ1) is 31.4. The van der Waals surface area contributed by atoms with Gasteiger partial charge in [0.2, 0.25) is 11.8 Å². The summed E-state index contributed by atoms with van der Waals surface area (Å²) in [6, 6.07) is 11.7. The van der Waals surface area contributed by atoms with Crippen molar-refractivity contribution in [3.05, 3.63) is 75.2 Å². The first-order valence-electron chi connectivity index (χ1n) is 16.3. The van der Waals surface area contributed by atoms with Crippen LogP contribution in [0.5, 0.6) is 0 Å². The highest BCUT2D eigenvalue weighted by atomic mass is 16.2. The molecule has 240 valence electrons. The van der Waals surface area contributed by atoms with Gasteiger partial charge < -0.3 is 15.1 Å². The van der Waals surface area contributed by atoms with Gasteiger partial charge in [0.1, 0.15) is 0 Å². The number of amides is 4. The fourth-order valence-electron chi connectivity index (χ4n) is 7.78. The lowest BCUT2D eigenvalue weighted by Crippen LogP contribution is -2.59. The molecule has 3 heterocycles. The third-order valence-electron chi connectivity index (χ3n) is 9.95. The summed E-state index contributed by atoms with van der Waals surface area (Å²) in [5.74, 6) is -1.35. The average molecular weight is 626 g/mol. The number of hydrogen-bond donors (Lipinski definition) is 1. The highest BCUT2D eigenvalue weighted by Crippen LogP contribution is 2.45. The summed E-state index contributed by atoms with van der Waals surface area (Å²) in [7, 11) is 0. The first-order chi connectivity index (χ1) is 22.3. The lowest BCUT2D eigenvalue weighted by atomic mass is 9.66. The van der Waals surface area contributed by atoms with Gasteiger partial charge in [-0.05, 0) is 79.9 Å². The third-order valence-corrected chi connectivity index (χ3v) is 9.95. The van der Waals surface area contributed by atoms with Crippen LogP contribution >= 0.6 is 0 Å². The van der Waals surface area contributed by atoms with E-state index in [0.717, 1.165) is 19.4 Å². The van der Waals surface area contributed by atoms with Crippen molar-refractivity contribution in [1.29, 1.82) is 0 Å². The van der Waals surface area contributed by atoms with Crippen LogP contribution in [0.15, 0.2) is 47.6 Å². The van der Waals surface area contributed by atoms with E-state index in [4.69, 9.17) is 5.53 Å². The van der Waals surface area contributed by atoms with Gasteiger partial charge in [0.05, 0.1) is 23.4 Å². The maximum absolute atomic E-state index is 14.3. The van der Waals surface area contributed by atoms with Gasteiger partial charge in [0.25, 0.3) is 11.8 Å². The second-order valence-corrected chi connectivity index (χ2v) is 12.6. The molecule has 0 radical (unpaired) electrons. The number of hydrogen-bond acceptors (Lipinski definition) is 7. The number of imide groups is 1. The summed E-state index contributed by atoms with van der Waals surface area (Å²) in [5.41, 5.74) is 11.3. The van der Waals surface area contributed by atoms with E-state index in [1.807, 2.05) is 4.90 Å². The zero-order valence-electron chi connectivity index (χ0n) is 26.1. The molecule has 1 N–H and O–H groups in total. The van der Waals surface area contributed by atoms with E-state index in [0.29, 0.717) is 66.7 Å². The number of carbonyl (C=O) groups excluding carboxylic acids is 5. The second-order valence-electron chi connectivity index (χ2n) is 12.6. The molecular formula is C34H39N7O5. The quantitative estimate of drug-likeness (QED) is 0.128. The number of carbonyl (C=O) groups is 5. The van der Waals surface area contributed by atoms with Crippen LogP contribution in [0.1, 0.15) is 88.5 Å². The number of fused-ring (bicyclic) bond motifs is 3. The number of anilines is 1. The van der Waals surface area contributed by atoms with Crippen LogP contribution in [0.3, 0.4) is 0 Å². The number of nitrogens with one attached hydrogen (secondary N) is 1. The van der Waals surface area contributed by atoms with Crippen LogP contribution in [0.25, 0.3) is 10.4 Å². The molecule has 3 aliphatic heterocycles. The van der Waals surface area contributed by atoms with Crippen LogP contribution in [0, 0.1) is 11.8 Å². The zero-order chi connectivity index (χ0) is 32.4. The van der Waals surface area contributed by atoms with Crippen LogP contribution in [0.4, 0.5) is 5.69 Å². The highest BCUT2D eigenvalue weighted by Gasteiger charge is 2.50. The molecule has 1 saturated heterocycles. The van der Waals surface area contributed by atoms with Crippen LogP contribution in [-0.2, 0) is 16.1 Å². The minimum atomic E-state index is -0.520. The molecule has 0 bridgehead atoms. The molecule has 4 aliphatic rings. The Hall–Kier alpha value is -4.54. The largest absolute Gasteiger partial charge is 0.343 e. The minimum Gasteiger partial charge on any atom is -0.343 e. The number of ketones is 1. The molecular weight excluding hydrogens is 586 g/mol. The van der Waals surface area contributed by atoms with E-state index in [9.17, 15) is 24.0 Å². The molecule has 2 aromatic carbocycles. The summed E-state index contributed by atoms with van der Waals surface area (Å²) in [4.78, 5) is 74.1. The SMILES string of the molecule is CCC(=O)N1c2ccc(CN=[N+]=[N-])cc2C(=O)C2C(CCN3C(=O)c4ccccc4C3=O)CC(NCCCN3CCCC3=O)CC21. The lowest BCUT2D eigenvalue weighted by Gasteiger charge is -2.49.